The van der Waals surface area contributed by atoms with Crippen LogP contribution in [0.4, 0.5) is 5.69 Å². The molecule has 0 spiro atoms. The first-order valence-corrected chi connectivity index (χ1v) is 8.75. The number of aromatic hydroxyl groups is 1. The van der Waals surface area contributed by atoms with Crippen LogP contribution in [0.5, 0.6) is 5.75 Å². The number of halogens is 2. The zero-order valence-corrected chi connectivity index (χ0v) is 14.7. The van der Waals surface area contributed by atoms with Gasteiger partial charge in [0.1, 0.15) is 5.75 Å². The Labute approximate surface area is 144 Å². The van der Waals surface area contributed by atoms with E-state index in [9.17, 15) is 13.5 Å². The van der Waals surface area contributed by atoms with Crippen LogP contribution in [0.25, 0.3) is 0 Å². The van der Waals surface area contributed by atoms with E-state index in [1.165, 1.54) is 31.5 Å². The minimum absolute atomic E-state index is 0.112. The maximum Gasteiger partial charge on any atom is 0.240 e. The van der Waals surface area contributed by atoms with Crippen molar-refractivity contribution in [2.24, 2.45) is 4.99 Å². The van der Waals surface area contributed by atoms with Gasteiger partial charge in [-0.2, -0.15) is 0 Å². The quantitative estimate of drug-likeness (QED) is 0.803. The number of benzene rings is 2. The number of aliphatic imine (C=N–C) groups is 1. The second kappa shape index (κ2) is 6.88. The van der Waals surface area contributed by atoms with Crippen molar-refractivity contribution in [2.45, 2.75) is 11.8 Å². The summed E-state index contributed by atoms with van der Waals surface area (Å²) in [5, 5.41) is 10.3. The van der Waals surface area contributed by atoms with Crippen molar-refractivity contribution in [2.75, 3.05) is 7.05 Å². The lowest BCUT2D eigenvalue weighted by atomic mass is 10.2. The highest BCUT2D eigenvalue weighted by Gasteiger charge is 2.15. The normalized spacial score (nSPS) is 12.0. The van der Waals surface area contributed by atoms with Gasteiger partial charge in [-0.1, -0.05) is 29.3 Å². The lowest BCUT2D eigenvalue weighted by Crippen LogP contribution is -2.19. The highest BCUT2D eigenvalue weighted by Crippen LogP contribution is 2.30. The van der Waals surface area contributed by atoms with E-state index in [-0.39, 0.29) is 15.7 Å². The molecule has 0 saturated carbocycles. The van der Waals surface area contributed by atoms with Crippen LogP contribution in [0.3, 0.4) is 0 Å². The van der Waals surface area contributed by atoms with E-state index in [0.717, 1.165) is 0 Å². The fourth-order valence-corrected chi connectivity index (χ4v) is 3.39. The molecule has 0 aliphatic heterocycles. The number of hydrogen-bond acceptors (Lipinski definition) is 4. The van der Waals surface area contributed by atoms with Gasteiger partial charge in [0.05, 0.1) is 15.6 Å². The number of phenols is 1. The molecule has 0 amide bonds. The second-order valence-electron chi connectivity index (χ2n) is 4.74. The SMILES string of the molecule is CNS(=O)(=O)c1cc(N=Cc2cc(Cl)cc(Cl)c2O)ccc1C. The Bertz CT molecular complexity index is 881. The Hall–Kier alpha value is -1.60. The van der Waals surface area contributed by atoms with Crippen LogP contribution in [0.15, 0.2) is 40.2 Å². The van der Waals surface area contributed by atoms with E-state index in [2.05, 4.69) is 9.71 Å². The number of nitrogens with zero attached hydrogens (tertiary/aromatic N) is 1. The maximum absolute atomic E-state index is 12.0. The third kappa shape index (κ3) is 4.03. The predicted molar refractivity (Wildman–Crippen MR) is 92.8 cm³/mol. The minimum Gasteiger partial charge on any atom is -0.506 e. The van der Waals surface area contributed by atoms with Crippen molar-refractivity contribution in [1.29, 1.82) is 0 Å². The zero-order valence-electron chi connectivity index (χ0n) is 12.3. The summed E-state index contributed by atoms with van der Waals surface area (Å²) in [6, 6.07) is 7.69. The average Bonchev–Trinajstić information content (AvgIpc) is 2.50. The van der Waals surface area contributed by atoms with Crippen molar-refractivity contribution < 1.29 is 13.5 Å². The van der Waals surface area contributed by atoms with Gasteiger partial charge >= 0.3 is 0 Å². The highest BCUT2D eigenvalue weighted by molar-refractivity contribution is 7.89. The summed E-state index contributed by atoms with van der Waals surface area (Å²) >= 11 is 11.7. The Morgan fingerprint density at radius 1 is 1.22 bits per heavy atom. The van der Waals surface area contributed by atoms with Gasteiger partial charge in [0.2, 0.25) is 10.0 Å². The molecule has 0 bridgehead atoms. The van der Waals surface area contributed by atoms with E-state index in [1.807, 2.05) is 0 Å². The van der Waals surface area contributed by atoms with Crippen LogP contribution < -0.4 is 4.72 Å². The fraction of sp³-hybridized carbons (Fsp3) is 0.133. The molecule has 2 aromatic carbocycles. The van der Waals surface area contributed by atoms with Gasteiger partial charge in [0, 0.05) is 16.8 Å². The summed E-state index contributed by atoms with van der Waals surface area (Å²) in [6.45, 7) is 1.69. The molecule has 8 heteroatoms. The second-order valence-corrected chi connectivity index (χ2v) is 7.44. The molecule has 0 fully saturated rings. The van der Waals surface area contributed by atoms with Gasteiger partial charge in [-0.15, -0.1) is 0 Å². The third-order valence-electron chi connectivity index (χ3n) is 3.14. The standard InChI is InChI=1S/C15H14Cl2N2O3S/c1-9-3-4-12(7-14(9)23(21,22)18-2)19-8-10-5-11(16)6-13(17)15(10)20/h3-8,18,20H,1-2H3. The van der Waals surface area contributed by atoms with Crippen LogP contribution in [-0.4, -0.2) is 26.8 Å². The molecule has 2 aromatic rings. The van der Waals surface area contributed by atoms with Crippen molar-refractivity contribution in [3.05, 3.63) is 51.5 Å². The van der Waals surface area contributed by atoms with Crippen molar-refractivity contribution in [3.8, 4) is 5.75 Å². The molecular formula is C15H14Cl2N2O3S. The molecule has 0 saturated heterocycles. The summed E-state index contributed by atoms with van der Waals surface area (Å²) in [6.07, 6.45) is 1.37. The minimum atomic E-state index is -3.57. The smallest absolute Gasteiger partial charge is 0.240 e. The number of phenolic OH excluding ortho intramolecular Hbond substituents is 1. The molecule has 0 atom stereocenters. The molecule has 2 rings (SSSR count). The van der Waals surface area contributed by atoms with Gasteiger partial charge in [0.15, 0.2) is 0 Å². The van der Waals surface area contributed by atoms with Crippen molar-refractivity contribution in [1.82, 2.24) is 4.72 Å². The summed E-state index contributed by atoms with van der Waals surface area (Å²) in [5.74, 6) is -0.144. The fourth-order valence-electron chi connectivity index (χ4n) is 1.90. The topological polar surface area (TPSA) is 78.8 Å². The van der Waals surface area contributed by atoms with Crippen LogP contribution >= 0.6 is 23.2 Å². The van der Waals surface area contributed by atoms with Gasteiger partial charge in [-0.05, 0) is 43.8 Å². The summed E-state index contributed by atoms with van der Waals surface area (Å²) < 4.78 is 26.2. The summed E-state index contributed by atoms with van der Waals surface area (Å²) in [5.41, 5.74) is 1.35. The molecule has 0 aliphatic rings. The van der Waals surface area contributed by atoms with Gasteiger partial charge in [-0.25, -0.2) is 13.1 Å². The molecule has 0 unspecified atom stereocenters. The monoisotopic (exact) mass is 372 g/mol. The first-order valence-electron chi connectivity index (χ1n) is 6.51. The molecule has 5 nitrogen and oxygen atoms in total. The number of hydrogen-bond donors (Lipinski definition) is 2. The lowest BCUT2D eigenvalue weighted by Gasteiger charge is -2.07. The molecule has 0 radical (unpaired) electrons. The van der Waals surface area contributed by atoms with Gasteiger partial charge in [-0.3, -0.25) is 4.99 Å². The number of aryl methyl sites for hydroxylation is 1. The maximum atomic E-state index is 12.0. The van der Waals surface area contributed by atoms with E-state index < -0.39 is 10.0 Å². The van der Waals surface area contributed by atoms with Gasteiger partial charge in [0.25, 0.3) is 0 Å². The zero-order chi connectivity index (χ0) is 17.2. The molecule has 2 N–H and O–H groups in total. The molecule has 0 aliphatic carbocycles. The van der Waals surface area contributed by atoms with E-state index in [1.54, 1.807) is 19.1 Å². The van der Waals surface area contributed by atoms with Crippen LogP contribution in [-0.2, 0) is 10.0 Å². The van der Waals surface area contributed by atoms with Crippen molar-refractivity contribution >= 4 is 45.1 Å². The largest absolute Gasteiger partial charge is 0.506 e. The molecule has 0 heterocycles. The predicted octanol–water partition coefficient (Wildman–Crippen LogP) is 3.67. The van der Waals surface area contributed by atoms with Crippen LogP contribution in [0.1, 0.15) is 11.1 Å². The van der Waals surface area contributed by atoms with E-state index >= 15 is 0 Å². The summed E-state index contributed by atoms with van der Waals surface area (Å²) in [7, 11) is -2.23. The number of rotatable bonds is 4. The van der Waals surface area contributed by atoms with Gasteiger partial charge < -0.3 is 5.11 Å². The average molecular weight is 373 g/mol. The Morgan fingerprint density at radius 3 is 2.57 bits per heavy atom. The van der Waals surface area contributed by atoms with E-state index in [4.69, 9.17) is 23.2 Å². The Balaban J connectivity index is 2.44. The molecule has 122 valence electrons. The molecule has 0 aromatic heterocycles. The number of sulfonamides is 1. The highest BCUT2D eigenvalue weighted by atomic mass is 35.5. The Morgan fingerprint density at radius 2 is 1.91 bits per heavy atom. The molecule has 23 heavy (non-hydrogen) atoms. The third-order valence-corrected chi connectivity index (χ3v) is 5.20. The summed E-state index contributed by atoms with van der Waals surface area (Å²) in [4.78, 5) is 4.32. The number of nitrogens with one attached hydrogen (secondary N) is 1. The lowest BCUT2D eigenvalue weighted by molar-refractivity contribution is 0.475. The molecular weight excluding hydrogens is 359 g/mol. The Kier molecular flexibility index (Phi) is 5.31. The van der Waals surface area contributed by atoms with E-state index in [0.29, 0.717) is 21.8 Å². The first-order chi connectivity index (χ1) is 10.7. The van der Waals surface area contributed by atoms with Crippen molar-refractivity contribution in [3.63, 3.8) is 0 Å². The van der Waals surface area contributed by atoms with Crippen LogP contribution in [0.2, 0.25) is 10.0 Å². The van der Waals surface area contributed by atoms with Crippen LogP contribution in [0, 0.1) is 6.92 Å². The first kappa shape index (κ1) is 17.7.